The fourth-order valence-corrected chi connectivity index (χ4v) is 3.35. The van der Waals surface area contributed by atoms with Crippen LogP contribution in [0.1, 0.15) is 27.6 Å². The van der Waals surface area contributed by atoms with Crippen molar-refractivity contribution in [2.75, 3.05) is 25.4 Å². The Bertz CT molecular complexity index is 829. The number of anilines is 1. The van der Waals surface area contributed by atoms with Crippen LogP contribution in [0.3, 0.4) is 0 Å². The first-order chi connectivity index (χ1) is 11.9. The molecule has 3 rings (SSSR count). The lowest BCUT2D eigenvalue weighted by Gasteiger charge is -2.34. The van der Waals surface area contributed by atoms with Crippen molar-refractivity contribution in [1.29, 1.82) is 0 Å². The number of morpholine rings is 1. The van der Waals surface area contributed by atoms with E-state index in [-0.39, 0.29) is 17.5 Å². The summed E-state index contributed by atoms with van der Waals surface area (Å²) < 4.78 is 19.5. The molecule has 4 nitrogen and oxygen atoms in total. The van der Waals surface area contributed by atoms with Gasteiger partial charge in [-0.2, -0.15) is 0 Å². The summed E-state index contributed by atoms with van der Waals surface area (Å²) in [6, 6.07) is 7.84. The van der Waals surface area contributed by atoms with Gasteiger partial charge in [0.1, 0.15) is 11.9 Å². The van der Waals surface area contributed by atoms with Crippen molar-refractivity contribution in [3.63, 3.8) is 0 Å². The zero-order chi connectivity index (χ0) is 18.1. The van der Waals surface area contributed by atoms with Crippen molar-refractivity contribution in [2.24, 2.45) is 0 Å². The van der Waals surface area contributed by atoms with Crippen molar-refractivity contribution >= 4 is 34.8 Å². The highest BCUT2D eigenvalue weighted by Crippen LogP contribution is 2.32. The minimum absolute atomic E-state index is 0.0483. The van der Waals surface area contributed by atoms with E-state index in [1.807, 2.05) is 13.0 Å². The number of benzene rings is 2. The first kappa shape index (κ1) is 18.0. The molecule has 1 heterocycles. The van der Waals surface area contributed by atoms with Crippen LogP contribution in [0.25, 0.3) is 0 Å². The minimum Gasteiger partial charge on any atom is -0.399 e. The quantitative estimate of drug-likeness (QED) is 0.624. The number of carbonyl (C=O) groups is 1. The summed E-state index contributed by atoms with van der Waals surface area (Å²) in [7, 11) is 0. The van der Waals surface area contributed by atoms with Gasteiger partial charge in [-0.05, 0) is 36.8 Å². The largest absolute Gasteiger partial charge is 0.399 e. The number of amides is 1. The average Bonchev–Trinajstić information content (AvgIpc) is 2.59. The molecule has 132 valence electrons. The number of halogens is 3. The number of nitrogen functional groups attached to an aromatic ring is 1. The summed E-state index contributed by atoms with van der Waals surface area (Å²) in [6.07, 6.45) is -0.515. The van der Waals surface area contributed by atoms with E-state index in [1.54, 1.807) is 17.0 Å². The van der Waals surface area contributed by atoms with Crippen LogP contribution in [0, 0.1) is 12.7 Å². The Hall–Kier alpha value is -1.82. The summed E-state index contributed by atoms with van der Waals surface area (Å²) in [5.41, 5.74) is 8.20. The molecule has 1 saturated heterocycles. The van der Waals surface area contributed by atoms with Crippen LogP contribution in [0.15, 0.2) is 30.3 Å². The van der Waals surface area contributed by atoms with Crippen LogP contribution in [0.5, 0.6) is 0 Å². The molecule has 0 spiro atoms. The summed E-state index contributed by atoms with van der Waals surface area (Å²) in [4.78, 5) is 14.5. The number of hydrogen-bond donors (Lipinski definition) is 1. The molecule has 1 aliphatic rings. The number of ether oxygens (including phenoxy) is 1. The molecule has 1 aliphatic heterocycles. The fourth-order valence-electron chi connectivity index (χ4n) is 2.85. The van der Waals surface area contributed by atoms with Gasteiger partial charge in [0.2, 0.25) is 0 Å². The van der Waals surface area contributed by atoms with E-state index in [9.17, 15) is 9.18 Å². The maximum atomic E-state index is 13.8. The van der Waals surface area contributed by atoms with Gasteiger partial charge in [-0.3, -0.25) is 4.79 Å². The topological polar surface area (TPSA) is 55.6 Å². The van der Waals surface area contributed by atoms with Gasteiger partial charge >= 0.3 is 0 Å². The molecule has 1 fully saturated rings. The third kappa shape index (κ3) is 3.73. The normalized spacial score (nSPS) is 17.6. The van der Waals surface area contributed by atoms with Gasteiger partial charge in [-0.1, -0.05) is 29.3 Å². The van der Waals surface area contributed by atoms with Gasteiger partial charge in [0, 0.05) is 28.4 Å². The van der Waals surface area contributed by atoms with Crippen LogP contribution in [-0.4, -0.2) is 30.5 Å². The summed E-state index contributed by atoms with van der Waals surface area (Å²) in [5, 5.41) is 0.263. The van der Waals surface area contributed by atoms with Crippen molar-refractivity contribution < 1.29 is 13.9 Å². The Balaban J connectivity index is 1.85. The standard InChI is InChI=1S/C18H17Cl2FN2O2/c1-10-2-3-11(22)6-12(10)18(24)23-4-5-25-17(9-23)13-7-16(21)15(20)8-14(13)19/h2-3,6-8,17H,4-5,9,22H2,1H3. The minimum atomic E-state index is -0.570. The average molecular weight is 383 g/mol. The third-order valence-electron chi connectivity index (χ3n) is 4.23. The first-order valence-corrected chi connectivity index (χ1v) is 8.54. The van der Waals surface area contributed by atoms with Crippen molar-refractivity contribution in [3.05, 3.63) is 62.9 Å². The van der Waals surface area contributed by atoms with Crippen molar-refractivity contribution in [3.8, 4) is 0 Å². The number of nitrogens with two attached hydrogens (primary N) is 1. The van der Waals surface area contributed by atoms with Gasteiger partial charge in [0.15, 0.2) is 0 Å². The number of nitrogens with zero attached hydrogens (tertiary/aromatic N) is 1. The maximum absolute atomic E-state index is 13.8. The molecule has 1 amide bonds. The van der Waals surface area contributed by atoms with Gasteiger partial charge < -0.3 is 15.4 Å². The van der Waals surface area contributed by atoms with Crippen LogP contribution in [0.2, 0.25) is 10.0 Å². The van der Waals surface area contributed by atoms with E-state index in [0.29, 0.717) is 35.0 Å². The molecule has 0 saturated carbocycles. The molecular weight excluding hydrogens is 366 g/mol. The van der Waals surface area contributed by atoms with Gasteiger partial charge in [0.05, 0.1) is 18.2 Å². The first-order valence-electron chi connectivity index (χ1n) is 7.78. The second kappa shape index (κ2) is 7.20. The molecule has 0 aromatic heterocycles. The third-order valence-corrected chi connectivity index (χ3v) is 4.85. The molecule has 0 aliphatic carbocycles. The molecule has 1 atom stereocenters. The number of carbonyl (C=O) groups excluding carboxylic acids is 1. The Morgan fingerprint density at radius 1 is 1.28 bits per heavy atom. The molecule has 25 heavy (non-hydrogen) atoms. The monoisotopic (exact) mass is 382 g/mol. The Morgan fingerprint density at radius 2 is 2.04 bits per heavy atom. The molecule has 2 N–H and O–H groups in total. The lowest BCUT2D eigenvalue weighted by Crippen LogP contribution is -2.42. The van der Waals surface area contributed by atoms with Gasteiger partial charge in [-0.25, -0.2) is 4.39 Å². The smallest absolute Gasteiger partial charge is 0.254 e. The number of hydrogen-bond acceptors (Lipinski definition) is 3. The summed E-state index contributed by atoms with van der Waals surface area (Å²) in [5.74, 6) is -0.705. The van der Waals surface area contributed by atoms with Crippen LogP contribution in [0.4, 0.5) is 10.1 Å². The fraction of sp³-hybridized carbons (Fsp3) is 0.278. The summed E-state index contributed by atoms with van der Waals surface area (Å²) in [6.45, 7) is 2.90. The number of aryl methyl sites for hydroxylation is 1. The lowest BCUT2D eigenvalue weighted by molar-refractivity contribution is -0.0229. The Labute approximate surface area is 155 Å². The van der Waals surface area contributed by atoms with E-state index in [1.165, 1.54) is 12.1 Å². The van der Waals surface area contributed by atoms with Crippen molar-refractivity contribution in [1.82, 2.24) is 4.90 Å². The van der Waals surface area contributed by atoms with Crippen LogP contribution < -0.4 is 5.73 Å². The highest BCUT2D eigenvalue weighted by Gasteiger charge is 2.28. The maximum Gasteiger partial charge on any atom is 0.254 e. The highest BCUT2D eigenvalue weighted by atomic mass is 35.5. The predicted octanol–water partition coefficient (Wildman–Crippen LogP) is 4.24. The van der Waals surface area contributed by atoms with E-state index < -0.39 is 11.9 Å². The van der Waals surface area contributed by atoms with E-state index in [0.717, 1.165) is 5.56 Å². The molecule has 2 aromatic carbocycles. The lowest BCUT2D eigenvalue weighted by atomic mass is 10.0. The zero-order valence-corrected chi connectivity index (χ0v) is 15.1. The Kier molecular flexibility index (Phi) is 5.18. The molecule has 2 aromatic rings. The molecular formula is C18H17Cl2FN2O2. The van der Waals surface area contributed by atoms with E-state index in [4.69, 9.17) is 33.7 Å². The zero-order valence-electron chi connectivity index (χ0n) is 13.6. The second-order valence-electron chi connectivity index (χ2n) is 5.97. The van der Waals surface area contributed by atoms with Crippen molar-refractivity contribution in [2.45, 2.75) is 13.0 Å². The van der Waals surface area contributed by atoms with Crippen LogP contribution in [-0.2, 0) is 4.74 Å². The predicted molar refractivity (Wildman–Crippen MR) is 96.6 cm³/mol. The Morgan fingerprint density at radius 3 is 2.80 bits per heavy atom. The van der Waals surface area contributed by atoms with Gasteiger partial charge in [0.25, 0.3) is 5.91 Å². The van der Waals surface area contributed by atoms with Crippen LogP contribution >= 0.6 is 23.2 Å². The highest BCUT2D eigenvalue weighted by molar-refractivity contribution is 6.35. The molecule has 1 unspecified atom stereocenters. The SMILES string of the molecule is Cc1ccc(N)cc1C(=O)N1CCOC(c2cc(F)c(Cl)cc2Cl)C1. The van der Waals surface area contributed by atoms with E-state index >= 15 is 0 Å². The molecule has 7 heteroatoms. The second-order valence-corrected chi connectivity index (χ2v) is 6.79. The van der Waals surface area contributed by atoms with Gasteiger partial charge in [-0.15, -0.1) is 0 Å². The molecule has 0 radical (unpaired) electrons. The molecule has 0 bridgehead atoms. The van der Waals surface area contributed by atoms with E-state index in [2.05, 4.69) is 0 Å². The number of rotatable bonds is 2. The summed E-state index contributed by atoms with van der Waals surface area (Å²) >= 11 is 11.9.